The predicted molar refractivity (Wildman–Crippen MR) is 33.9 cm³/mol. The highest BCUT2D eigenvalue weighted by molar-refractivity contribution is 6.51. The Morgan fingerprint density at radius 1 is 1.00 bits per heavy atom. The van der Waals surface area contributed by atoms with Crippen molar-refractivity contribution >= 4 is 14.6 Å². The van der Waals surface area contributed by atoms with E-state index < -0.39 is 14.6 Å². The quantitative estimate of drug-likeness (QED) is 0.447. The number of hydrogen-bond donors (Lipinski definition) is 0. The summed E-state index contributed by atoms with van der Waals surface area (Å²) in [6.45, 7) is 0. The van der Waals surface area contributed by atoms with Gasteiger partial charge >= 0.3 is 14.6 Å². The second-order valence-electron chi connectivity index (χ2n) is 2.24. The van der Waals surface area contributed by atoms with Crippen LogP contribution in [-0.4, -0.2) is 20.1 Å². The van der Waals surface area contributed by atoms with Crippen LogP contribution >= 0.6 is 0 Å². The van der Waals surface area contributed by atoms with Gasteiger partial charge in [-0.1, -0.05) is 29.8 Å². The van der Waals surface area contributed by atoms with Crippen LogP contribution in [0.1, 0.15) is 19.3 Å². The SMILES string of the molecule is O.[F][Al]1[CH2]CCC[CH2]1. The van der Waals surface area contributed by atoms with E-state index in [0.717, 1.165) is 10.6 Å². The molecule has 1 aliphatic heterocycles. The van der Waals surface area contributed by atoms with E-state index in [2.05, 4.69) is 0 Å². The summed E-state index contributed by atoms with van der Waals surface area (Å²) in [5.41, 5.74) is 0. The first-order chi connectivity index (χ1) is 3.39. The van der Waals surface area contributed by atoms with Gasteiger partial charge in [-0.25, -0.2) is 0 Å². The normalized spacial score (nSPS) is 19.9. The van der Waals surface area contributed by atoms with Gasteiger partial charge in [-0.3, -0.25) is 0 Å². The maximum absolute atomic E-state index is 12.3. The zero-order valence-corrected chi connectivity index (χ0v) is 6.15. The molecule has 1 rings (SSSR count). The highest BCUT2D eigenvalue weighted by atomic mass is 27.2. The van der Waals surface area contributed by atoms with Gasteiger partial charge in [-0.2, -0.15) is 0 Å². The first-order valence-electron chi connectivity index (χ1n) is 3.03. The van der Waals surface area contributed by atoms with Gasteiger partial charge in [0.1, 0.15) is 0 Å². The molecule has 0 radical (unpaired) electrons. The van der Waals surface area contributed by atoms with Gasteiger partial charge in [0.15, 0.2) is 0 Å². The number of halogens is 1. The average Bonchev–Trinajstić information content (AvgIpc) is 1.69. The summed E-state index contributed by atoms with van der Waals surface area (Å²) in [4.78, 5) is 0. The molecule has 1 aliphatic rings. The molecule has 1 saturated heterocycles. The Morgan fingerprint density at radius 3 is 1.75 bits per heavy atom. The first-order valence-corrected chi connectivity index (χ1v) is 5.10. The van der Waals surface area contributed by atoms with Crippen molar-refractivity contribution in [3.05, 3.63) is 0 Å². The van der Waals surface area contributed by atoms with Crippen LogP contribution in [0.25, 0.3) is 0 Å². The van der Waals surface area contributed by atoms with Crippen LogP contribution in [0.15, 0.2) is 0 Å². The van der Waals surface area contributed by atoms with Crippen molar-refractivity contribution in [3.8, 4) is 0 Å². The van der Waals surface area contributed by atoms with Crippen molar-refractivity contribution < 1.29 is 9.00 Å². The minimum Gasteiger partial charge on any atom is -0.418 e. The fourth-order valence-corrected chi connectivity index (χ4v) is 2.80. The lowest BCUT2D eigenvalue weighted by atomic mass is 10.3. The van der Waals surface area contributed by atoms with E-state index in [-0.39, 0.29) is 5.48 Å². The van der Waals surface area contributed by atoms with Crippen LogP contribution in [-0.2, 0) is 0 Å². The lowest BCUT2D eigenvalue weighted by Gasteiger charge is -2.07. The summed E-state index contributed by atoms with van der Waals surface area (Å²) >= 11 is -1.59. The molecule has 0 aliphatic carbocycles. The zero-order valence-electron chi connectivity index (χ0n) is 4.99. The van der Waals surface area contributed by atoms with E-state index in [1.807, 2.05) is 0 Å². The van der Waals surface area contributed by atoms with Crippen LogP contribution in [0.2, 0.25) is 10.6 Å². The minimum absolute atomic E-state index is 0. The summed E-state index contributed by atoms with van der Waals surface area (Å²) in [5.74, 6) is 0. The fourth-order valence-electron chi connectivity index (χ4n) is 1.05. The van der Waals surface area contributed by atoms with Gasteiger partial charge in [0.2, 0.25) is 0 Å². The fraction of sp³-hybridized carbons (Fsp3) is 1.00. The van der Waals surface area contributed by atoms with E-state index in [1.54, 1.807) is 0 Å². The molecule has 0 saturated carbocycles. The molecule has 48 valence electrons. The van der Waals surface area contributed by atoms with Gasteiger partial charge in [-0.05, 0) is 0 Å². The molecule has 0 atom stereocenters. The van der Waals surface area contributed by atoms with Crippen molar-refractivity contribution in [2.75, 3.05) is 0 Å². The highest BCUT2D eigenvalue weighted by Crippen LogP contribution is 2.18. The Bertz CT molecular complexity index is 54.4. The lowest BCUT2D eigenvalue weighted by molar-refractivity contribution is 0.664. The maximum atomic E-state index is 12.3. The van der Waals surface area contributed by atoms with Crippen molar-refractivity contribution in [1.29, 1.82) is 0 Å². The summed E-state index contributed by atoms with van der Waals surface area (Å²) in [6, 6.07) is 0. The van der Waals surface area contributed by atoms with Gasteiger partial charge in [0.05, 0.1) is 0 Å². The monoisotopic (exact) mass is 134 g/mol. The molecule has 3 heteroatoms. The van der Waals surface area contributed by atoms with Crippen LogP contribution in [0.3, 0.4) is 0 Å². The van der Waals surface area contributed by atoms with E-state index in [0.29, 0.717) is 0 Å². The van der Waals surface area contributed by atoms with E-state index >= 15 is 0 Å². The molecule has 1 heterocycles. The molecule has 0 aromatic heterocycles. The third-order valence-corrected chi connectivity index (χ3v) is 3.60. The largest absolute Gasteiger partial charge is 0.516 e. The lowest BCUT2D eigenvalue weighted by Crippen LogP contribution is -2.08. The minimum atomic E-state index is -1.59. The third-order valence-electron chi connectivity index (χ3n) is 1.53. The Hall–Kier alpha value is 0.422. The molecule has 0 aromatic carbocycles. The summed E-state index contributed by atoms with van der Waals surface area (Å²) in [6.07, 6.45) is 3.63. The standard InChI is InChI=1S/C5H10.Al.FH.H2O/c1-3-5-4-2;;;/h1-5H2;;1H;1H2/q;+1;;/p-1. The molecule has 0 bridgehead atoms. The summed E-state index contributed by atoms with van der Waals surface area (Å²) in [5, 5.41) is 1.92. The summed E-state index contributed by atoms with van der Waals surface area (Å²) in [7, 11) is 0. The molecular weight excluding hydrogens is 122 g/mol. The second kappa shape index (κ2) is 4.32. The van der Waals surface area contributed by atoms with E-state index in [4.69, 9.17) is 0 Å². The molecule has 0 amide bonds. The van der Waals surface area contributed by atoms with Crippen molar-refractivity contribution in [1.82, 2.24) is 0 Å². The van der Waals surface area contributed by atoms with Crippen molar-refractivity contribution in [3.63, 3.8) is 0 Å². The Kier molecular flexibility index (Phi) is 4.54. The molecule has 0 spiro atoms. The average molecular weight is 134 g/mol. The molecule has 0 unspecified atom stereocenters. The van der Waals surface area contributed by atoms with Gasteiger partial charge in [0, 0.05) is 0 Å². The Morgan fingerprint density at radius 2 is 1.50 bits per heavy atom. The van der Waals surface area contributed by atoms with Crippen LogP contribution in [0, 0.1) is 0 Å². The van der Waals surface area contributed by atoms with Gasteiger partial charge < -0.3 is 9.00 Å². The first kappa shape index (κ1) is 8.42. The van der Waals surface area contributed by atoms with Crippen LogP contribution in [0.5, 0.6) is 0 Å². The zero-order chi connectivity index (χ0) is 5.11. The van der Waals surface area contributed by atoms with Gasteiger partial charge in [-0.15, -0.1) is 0 Å². The molecule has 8 heavy (non-hydrogen) atoms. The predicted octanol–water partition coefficient (Wildman–Crippen LogP) is 1.31. The highest BCUT2D eigenvalue weighted by Gasteiger charge is 2.20. The number of rotatable bonds is 0. The van der Waals surface area contributed by atoms with Crippen molar-refractivity contribution in [2.24, 2.45) is 0 Å². The second-order valence-corrected chi connectivity index (χ2v) is 4.58. The topological polar surface area (TPSA) is 31.5 Å². The van der Waals surface area contributed by atoms with E-state index in [9.17, 15) is 3.52 Å². The smallest absolute Gasteiger partial charge is 0.418 e. The molecule has 1 nitrogen and oxygen atoms in total. The van der Waals surface area contributed by atoms with Gasteiger partial charge in [0.25, 0.3) is 0 Å². The number of hydrogen-bond acceptors (Lipinski definition) is 0. The van der Waals surface area contributed by atoms with Crippen LogP contribution in [0.4, 0.5) is 3.52 Å². The van der Waals surface area contributed by atoms with Crippen LogP contribution < -0.4 is 0 Å². The van der Waals surface area contributed by atoms with E-state index in [1.165, 1.54) is 19.3 Å². The Labute approximate surface area is 54.1 Å². The Balaban J connectivity index is 0.000000490. The molecule has 0 aromatic rings. The molecular formula is C5H12AlFO. The maximum Gasteiger partial charge on any atom is 0.516 e. The molecule has 1 fully saturated rings. The molecule has 2 N–H and O–H groups in total. The third kappa shape index (κ3) is 2.66. The van der Waals surface area contributed by atoms with Crippen molar-refractivity contribution in [2.45, 2.75) is 29.8 Å². The summed E-state index contributed by atoms with van der Waals surface area (Å²) < 4.78 is 12.3.